The van der Waals surface area contributed by atoms with E-state index in [-0.39, 0.29) is 11.3 Å². The number of imidazole rings is 1. The molecule has 0 bridgehead atoms. The minimum Gasteiger partial charge on any atom is -0.481 e. The van der Waals surface area contributed by atoms with E-state index in [2.05, 4.69) is 19.9 Å². The third-order valence-electron chi connectivity index (χ3n) is 4.93. The van der Waals surface area contributed by atoms with Gasteiger partial charge in [0, 0.05) is 31.1 Å². The molecule has 0 saturated carbocycles. The molecule has 10 nitrogen and oxygen atoms in total. The first-order valence-electron chi connectivity index (χ1n) is 9.46. The van der Waals surface area contributed by atoms with Crippen LogP contribution in [0.5, 0.6) is 5.88 Å². The normalized spacial score (nSPS) is 11.7. The Balaban J connectivity index is 1.67. The van der Waals surface area contributed by atoms with E-state index in [1.165, 1.54) is 19.3 Å². The Kier molecular flexibility index (Phi) is 5.27. The van der Waals surface area contributed by atoms with Gasteiger partial charge in [0.2, 0.25) is 11.8 Å². The Labute approximate surface area is 178 Å². The quantitative estimate of drug-likeness (QED) is 0.446. The number of carbonyl (C=O) groups is 1. The lowest BCUT2D eigenvalue weighted by Crippen LogP contribution is -2.32. The van der Waals surface area contributed by atoms with Crippen molar-refractivity contribution < 1.29 is 17.9 Å². The van der Waals surface area contributed by atoms with Crippen molar-refractivity contribution in [1.29, 1.82) is 0 Å². The zero-order valence-corrected chi connectivity index (χ0v) is 18.0. The molecule has 4 heterocycles. The van der Waals surface area contributed by atoms with Crippen LogP contribution in [0.1, 0.15) is 19.0 Å². The van der Waals surface area contributed by atoms with Crippen molar-refractivity contribution in [2.75, 3.05) is 14.2 Å². The Bertz CT molecular complexity index is 1380. The summed E-state index contributed by atoms with van der Waals surface area (Å²) in [5.74, 6) is -0.0184. The van der Waals surface area contributed by atoms with Crippen molar-refractivity contribution in [3.63, 3.8) is 0 Å². The zero-order chi connectivity index (χ0) is 22.2. The number of nitrogens with zero attached hydrogens (tertiary/aromatic N) is 6. The molecule has 0 aliphatic heterocycles. The van der Waals surface area contributed by atoms with E-state index in [0.29, 0.717) is 29.3 Å². The minimum atomic E-state index is -3.93. The fourth-order valence-corrected chi connectivity index (χ4v) is 4.34. The van der Waals surface area contributed by atoms with Crippen LogP contribution in [0.2, 0.25) is 0 Å². The summed E-state index contributed by atoms with van der Waals surface area (Å²) in [5, 5.41) is 0.815. The predicted molar refractivity (Wildman–Crippen MR) is 113 cm³/mol. The molecule has 0 aliphatic carbocycles. The molecule has 0 atom stereocenters. The van der Waals surface area contributed by atoms with E-state index in [4.69, 9.17) is 4.74 Å². The number of rotatable bonds is 6. The molecule has 0 N–H and O–H groups in total. The van der Waals surface area contributed by atoms with Gasteiger partial charge in [-0.1, -0.05) is 6.92 Å². The summed E-state index contributed by atoms with van der Waals surface area (Å²) in [4.78, 5) is 29.1. The number of aromatic nitrogens is 5. The van der Waals surface area contributed by atoms with Gasteiger partial charge in [0.25, 0.3) is 10.0 Å². The number of hydrogen-bond donors (Lipinski definition) is 0. The number of pyridine rings is 3. The number of sulfonamides is 1. The van der Waals surface area contributed by atoms with Gasteiger partial charge in [-0.25, -0.2) is 22.7 Å². The highest BCUT2D eigenvalue weighted by molar-refractivity contribution is 7.89. The Morgan fingerprint density at radius 2 is 1.94 bits per heavy atom. The van der Waals surface area contributed by atoms with Crippen molar-refractivity contribution in [3.05, 3.63) is 48.7 Å². The monoisotopic (exact) mass is 440 g/mol. The van der Waals surface area contributed by atoms with Gasteiger partial charge in [0.05, 0.1) is 37.4 Å². The van der Waals surface area contributed by atoms with E-state index in [9.17, 15) is 13.2 Å². The molecular formula is C20H20N6O4S. The molecule has 0 unspecified atom stereocenters. The van der Waals surface area contributed by atoms with Crippen LogP contribution in [0.15, 0.2) is 47.9 Å². The van der Waals surface area contributed by atoms with Crippen LogP contribution in [-0.4, -0.2) is 57.3 Å². The molecule has 31 heavy (non-hydrogen) atoms. The predicted octanol–water partition coefficient (Wildman–Crippen LogP) is 1.99. The molecule has 0 fully saturated rings. The maximum atomic E-state index is 12.6. The second kappa shape index (κ2) is 7.91. The Morgan fingerprint density at radius 1 is 1.13 bits per heavy atom. The van der Waals surface area contributed by atoms with Crippen molar-refractivity contribution in [3.8, 4) is 5.88 Å². The van der Waals surface area contributed by atoms with Crippen LogP contribution in [0.25, 0.3) is 22.1 Å². The smallest absolute Gasteiger partial charge is 0.267 e. The van der Waals surface area contributed by atoms with Crippen LogP contribution in [0.4, 0.5) is 0 Å². The van der Waals surface area contributed by atoms with Crippen LogP contribution in [-0.2, 0) is 21.4 Å². The van der Waals surface area contributed by atoms with Crippen LogP contribution < -0.4 is 4.74 Å². The van der Waals surface area contributed by atoms with E-state index in [0.717, 1.165) is 15.2 Å². The second-order valence-corrected chi connectivity index (χ2v) is 8.76. The number of carbonyl (C=O) groups excluding carboxylic acids is 1. The maximum absolute atomic E-state index is 12.6. The molecule has 11 heteroatoms. The van der Waals surface area contributed by atoms with Crippen molar-refractivity contribution >= 4 is 38.0 Å². The average molecular weight is 440 g/mol. The highest BCUT2D eigenvalue weighted by Gasteiger charge is 2.24. The molecule has 160 valence electrons. The summed E-state index contributed by atoms with van der Waals surface area (Å²) in [6.07, 6.45) is 4.67. The van der Waals surface area contributed by atoms with Crippen molar-refractivity contribution in [1.82, 2.24) is 28.8 Å². The number of methoxy groups -OCH3 is 1. The van der Waals surface area contributed by atoms with Gasteiger partial charge < -0.3 is 9.30 Å². The molecule has 4 rings (SSSR count). The summed E-state index contributed by atoms with van der Waals surface area (Å²) in [6, 6.07) is 6.70. The zero-order valence-electron chi connectivity index (χ0n) is 17.2. The lowest BCUT2D eigenvalue weighted by molar-refractivity contribution is -0.125. The van der Waals surface area contributed by atoms with E-state index < -0.39 is 15.9 Å². The fraction of sp³-hybridized carbons (Fsp3) is 0.250. The first-order chi connectivity index (χ1) is 14.8. The Hall–Kier alpha value is -3.60. The van der Waals surface area contributed by atoms with Gasteiger partial charge in [-0.05, 0) is 18.2 Å². The average Bonchev–Trinajstić information content (AvgIpc) is 3.21. The topological polar surface area (TPSA) is 120 Å². The van der Waals surface area contributed by atoms with Crippen molar-refractivity contribution in [2.24, 2.45) is 0 Å². The largest absolute Gasteiger partial charge is 0.481 e. The standard InChI is InChI=1S/C20H20N6O4S/c1-4-18(27)25(2)31(28,29)14-6-5-13(21-9-14)11-26-12-23-16-10-22-20-15(19(16)26)7-8-17(24-20)30-3/h5-10,12H,4,11H2,1-3H3. The first kappa shape index (κ1) is 20.7. The molecule has 0 radical (unpaired) electrons. The number of hydrogen-bond acceptors (Lipinski definition) is 8. The number of amides is 1. The SMILES string of the molecule is CCC(=O)N(C)S(=O)(=O)c1ccc(Cn2cnc3cnc4nc(OC)ccc4c32)nc1. The van der Waals surface area contributed by atoms with Gasteiger partial charge in [-0.2, -0.15) is 4.98 Å². The van der Waals surface area contributed by atoms with Gasteiger partial charge >= 0.3 is 0 Å². The van der Waals surface area contributed by atoms with Gasteiger partial charge in [-0.15, -0.1) is 0 Å². The highest BCUT2D eigenvalue weighted by Crippen LogP contribution is 2.24. The highest BCUT2D eigenvalue weighted by atomic mass is 32.2. The summed E-state index contributed by atoms with van der Waals surface area (Å²) in [5.41, 5.74) is 2.71. The molecule has 0 saturated heterocycles. The third-order valence-corrected chi connectivity index (χ3v) is 6.69. The lowest BCUT2D eigenvalue weighted by atomic mass is 10.2. The lowest BCUT2D eigenvalue weighted by Gasteiger charge is -2.16. The molecule has 4 aromatic rings. The van der Waals surface area contributed by atoms with E-state index in [1.54, 1.807) is 38.7 Å². The van der Waals surface area contributed by atoms with E-state index in [1.807, 2.05) is 10.6 Å². The third kappa shape index (κ3) is 3.67. The van der Waals surface area contributed by atoms with Crippen molar-refractivity contribution in [2.45, 2.75) is 24.8 Å². The number of fused-ring (bicyclic) bond motifs is 3. The summed E-state index contributed by atoms with van der Waals surface area (Å²) in [6.45, 7) is 1.97. The van der Waals surface area contributed by atoms with Gasteiger partial charge in [0.15, 0.2) is 5.65 Å². The molecule has 0 spiro atoms. The van der Waals surface area contributed by atoms with Gasteiger partial charge in [-0.3, -0.25) is 9.78 Å². The van der Waals surface area contributed by atoms with Gasteiger partial charge in [0.1, 0.15) is 10.4 Å². The Morgan fingerprint density at radius 3 is 2.61 bits per heavy atom. The maximum Gasteiger partial charge on any atom is 0.267 e. The molecular weight excluding hydrogens is 420 g/mol. The summed E-state index contributed by atoms with van der Waals surface area (Å²) >= 11 is 0. The number of ether oxygens (including phenoxy) is 1. The van der Waals surface area contributed by atoms with E-state index >= 15 is 0 Å². The van der Waals surface area contributed by atoms with Crippen LogP contribution in [0.3, 0.4) is 0 Å². The molecule has 0 aromatic carbocycles. The van der Waals surface area contributed by atoms with Crippen LogP contribution >= 0.6 is 0 Å². The molecule has 1 amide bonds. The summed E-state index contributed by atoms with van der Waals surface area (Å²) < 4.78 is 32.9. The molecule has 4 aromatic heterocycles. The first-order valence-corrected chi connectivity index (χ1v) is 10.9. The second-order valence-electron chi connectivity index (χ2n) is 6.79. The van der Waals surface area contributed by atoms with Crippen LogP contribution in [0, 0.1) is 0 Å². The fourth-order valence-electron chi connectivity index (χ4n) is 3.20. The summed E-state index contributed by atoms with van der Waals surface area (Å²) in [7, 11) is -1.14. The molecule has 0 aliphatic rings. The minimum absolute atomic E-state index is 0.0398.